The molecule has 192 valence electrons. The molecule has 0 fully saturated rings. The summed E-state index contributed by atoms with van der Waals surface area (Å²) in [5.74, 6) is -1.11. The highest BCUT2D eigenvalue weighted by Gasteiger charge is 2.33. The van der Waals surface area contributed by atoms with E-state index < -0.39 is 24.6 Å². The molecule has 9 nitrogen and oxygen atoms in total. The van der Waals surface area contributed by atoms with E-state index in [2.05, 4.69) is 20.9 Å². The second-order valence-corrected chi connectivity index (χ2v) is 9.78. The van der Waals surface area contributed by atoms with Crippen LogP contribution in [0.25, 0.3) is 6.08 Å². The monoisotopic (exact) mass is 586 g/mol. The first-order chi connectivity index (χ1) is 17.8. The van der Waals surface area contributed by atoms with E-state index in [9.17, 15) is 14.4 Å². The molecule has 1 atom stereocenters. The maximum Gasteiger partial charge on any atom is 0.341 e. The van der Waals surface area contributed by atoms with Crippen LogP contribution in [0.5, 0.6) is 11.5 Å². The zero-order chi connectivity index (χ0) is 26.7. The maximum absolute atomic E-state index is 13.7. The summed E-state index contributed by atoms with van der Waals surface area (Å²) in [7, 11) is 2.75. The van der Waals surface area contributed by atoms with E-state index in [1.807, 2.05) is 37.3 Å². The minimum absolute atomic E-state index is 0.239. The normalized spacial score (nSPS) is 15.1. The zero-order valence-corrected chi connectivity index (χ0v) is 22.6. The number of esters is 1. The fourth-order valence-electron chi connectivity index (χ4n) is 4.06. The van der Waals surface area contributed by atoms with E-state index in [4.69, 9.17) is 19.3 Å². The van der Waals surface area contributed by atoms with Crippen LogP contribution < -0.4 is 24.4 Å². The fraction of sp³-hybridized carbons (Fsp3) is 0.231. The number of halogens is 1. The molecular formula is C26H23BrN2O7S. The lowest BCUT2D eigenvalue weighted by Crippen LogP contribution is -2.40. The number of benzene rings is 2. The van der Waals surface area contributed by atoms with Gasteiger partial charge in [0.2, 0.25) is 0 Å². The number of hydrogen-bond donors (Lipinski definition) is 1. The fourth-order valence-corrected chi connectivity index (χ4v) is 5.66. The third-order valence-electron chi connectivity index (χ3n) is 5.66. The van der Waals surface area contributed by atoms with Gasteiger partial charge in [-0.2, -0.15) is 0 Å². The molecule has 11 heteroatoms. The number of rotatable bonds is 8. The summed E-state index contributed by atoms with van der Waals surface area (Å²) >= 11 is 4.60. The van der Waals surface area contributed by atoms with Crippen LogP contribution in [0.3, 0.4) is 0 Å². The molecule has 1 aliphatic heterocycles. The second kappa shape index (κ2) is 11.1. The Kier molecular flexibility index (Phi) is 7.94. The highest BCUT2D eigenvalue weighted by Crippen LogP contribution is 2.37. The molecule has 1 aromatic heterocycles. The first-order valence-corrected chi connectivity index (χ1v) is 12.8. The molecule has 2 aromatic carbocycles. The Morgan fingerprint density at radius 1 is 1.22 bits per heavy atom. The van der Waals surface area contributed by atoms with E-state index in [0.717, 1.165) is 5.56 Å². The number of methoxy groups -OCH3 is 2. The van der Waals surface area contributed by atoms with E-state index >= 15 is 0 Å². The number of fused-ring (bicyclic) bond motifs is 1. The SMILES string of the molecule is CCC1=C(C(=O)OC)[C@@H](c2ccccc2)n2c(s/c(=C\c3cc(Br)c(OCC(=O)O)c(OC)c3)c2=O)=N1. The zero-order valence-electron chi connectivity index (χ0n) is 20.2. The molecule has 0 unspecified atom stereocenters. The van der Waals surface area contributed by atoms with Gasteiger partial charge in [-0.05, 0) is 51.7 Å². The molecule has 1 N–H and O–H groups in total. The molecule has 37 heavy (non-hydrogen) atoms. The van der Waals surface area contributed by atoms with Gasteiger partial charge in [0.15, 0.2) is 22.9 Å². The molecule has 0 amide bonds. The van der Waals surface area contributed by atoms with Crippen molar-refractivity contribution < 1.29 is 28.9 Å². The Hall–Kier alpha value is -3.70. The van der Waals surface area contributed by atoms with Crippen molar-refractivity contribution in [3.8, 4) is 11.5 Å². The molecule has 0 aliphatic carbocycles. The van der Waals surface area contributed by atoms with E-state index in [-0.39, 0.29) is 11.3 Å². The highest BCUT2D eigenvalue weighted by atomic mass is 79.9. The number of carboxylic acids is 1. The van der Waals surface area contributed by atoms with Gasteiger partial charge in [0, 0.05) is 0 Å². The van der Waals surface area contributed by atoms with Crippen LogP contribution in [0, 0.1) is 0 Å². The number of aliphatic carboxylic acids is 1. The Labute approximate surface area is 224 Å². The van der Waals surface area contributed by atoms with Crippen molar-refractivity contribution in [3.63, 3.8) is 0 Å². The summed E-state index contributed by atoms with van der Waals surface area (Å²) < 4.78 is 18.2. The maximum atomic E-state index is 13.7. The van der Waals surface area contributed by atoms with Gasteiger partial charge in [0.1, 0.15) is 0 Å². The number of allylic oxidation sites excluding steroid dienone is 1. The van der Waals surface area contributed by atoms with Gasteiger partial charge in [-0.3, -0.25) is 9.36 Å². The van der Waals surface area contributed by atoms with Crippen LogP contribution in [0.1, 0.15) is 30.5 Å². The van der Waals surface area contributed by atoms with Gasteiger partial charge in [-0.1, -0.05) is 48.6 Å². The van der Waals surface area contributed by atoms with Crippen molar-refractivity contribution in [3.05, 3.63) is 89.0 Å². The molecule has 0 radical (unpaired) electrons. The Balaban J connectivity index is 1.90. The molecule has 0 spiro atoms. The largest absolute Gasteiger partial charge is 0.493 e. The summed E-state index contributed by atoms with van der Waals surface area (Å²) in [6, 6.07) is 12.0. The van der Waals surface area contributed by atoms with Gasteiger partial charge >= 0.3 is 11.9 Å². The lowest BCUT2D eigenvalue weighted by Gasteiger charge is -2.25. The average Bonchev–Trinajstić information content (AvgIpc) is 3.20. The van der Waals surface area contributed by atoms with Gasteiger partial charge in [-0.25, -0.2) is 14.6 Å². The number of carboxylic acid groups (broad SMARTS) is 1. The van der Waals surface area contributed by atoms with Crippen LogP contribution in [0.15, 0.2) is 68.0 Å². The predicted molar refractivity (Wildman–Crippen MR) is 141 cm³/mol. The number of hydrogen-bond acceptors (Lipinski definition) is 8. The summed E-state index contributed by atoms with van der Waals surface area (Å²) in [5.41, 5.74) is 1.98. The van der Waals surface area contributed by atoms with Crippen molar-refractivity contribution in [1.29, 1.82) is 0 Å². The lowest BCUT2D eigenvalue weighted by atomic mass is 9.95. The molecular weight excluding hydrogens is 564 g/mol. The van der Waals surface area contributed by atoms with Gasteiger partial charge in [0.05, 0.1) is 40.5 Å². The summed E-state index contributed by atoms with van der Waals surface area (Å²) in [5, 5.41) is 8.93. The van der Waals surface area contributed by atoms with Crippen molar-refractivity contribution in [2.45, 2.75) is 19.4 Å². The van der Waals surface area contributed by atoms with E-state index in [0.29, 0.717) is 42.8 Å². The third-order valence-corrected chi connectivity index (χ3v) is 7.23. The van der Waals surface area contributed by atoms with Crippen molar-refractivity contribution >= 4 is 45.3 Å². The molecule has 3 aromatic rings. The molecule has 0 saturated carbocycles. The van der Waals surface area contributed by atoms with Gasteiger partial charge < -0.3 is 19.3 Å². The quantitative estimate of drug-likeness (QED) is 0.403. The molecule has 2 heterocycles. The lowest BCUT2D eigenvalue weighted by molar-refractivity contribution is -0.139. The van der Waals surface area contributed by atoms with Gasteiger partial charge in [-0.15, -0.1) is 0 Å². The summed E-state index contributed by atoms with van der Waals surface area (Å²) in [4.78, 5) is 42.6. The number of nitrogens with zero attached hydrogens (tertiary/aromatic N) is 2. The highest BCUT2D eigenvalue weighted by molar-refractivity contribution is 9.10. The molecule has 1 aliphatic rings. The van der Waals surface area contributed by atoms with Crippen molar-refractivity contribution in [1.82, 2.24) is 4.57 Å². The Morgan fingerprint density at radius 3 is 2.57 bits per heavy atom. The number of thiazole rings is 1. The third kappa shape index (κ3) is 5.23. The molecule has 4 rings (SSSR count). The summed E-state index contributed by atoms with van der Waals surface area (Å²) in [6.07, 6.45) is 2.18. The predicted octanol–water partition coefficient (Wildman–Crippen LogP) is 3.03. The minimum Gasteiger partial charge on any atom is -0.493 e. The minimum atomic E-state index is -1.12. The number of carbonyl (C=O) groups excluding carboxylic acids is 1. The number of aromatic nitrogens is 1. The number of ether oxygens (including phenoxy) is 3. The molecule has 0 saturated heterocycles. The molecule has 0 bridgehead atoms. The Morgan fingerprint density at radius 2 is 1.95 bits per heavy atom. The smallest absolute Gasteiger partial charge is 0.341 e. The van der Waals surface area contributed by atoms with Crippen LogP contribution in [0.4, 0.5) is 0 Å². The van der Waals surface area contributed by atoms with Crippen molar-refractivity contribution in [2.24, 2.45) is 4.99 Å². The van der Waals surface area contributed by atoms with Crippen LogP contribution in [-0.4, -0.2) is 42.4 Å². The van der Waals surface area contributed by atoms with Crippen LogP contribution in [-0.2, 0) is 14.3 Å². The van der Waals surface area contributed by atoms with E-state index in [1.165, 1.54) is 30.1 Å². The van der Waals surface area contributed by atoms with Crippen LogP contribution >= 0.6 is 27.3 Å². The van der Waals surface area contributed by atoms with E-state index in [1.54, 1.807) is 18.2 Å². The first-order valence-electron chi connectivity index (χ1n) is 11.2. The second-order valence-electron chi connectivity index (χ2n) is 7.92. The first kappa shape index (κ1) is 26.4. The Bertz CT molecular complexity index is 1570. The van der Waals surface area contributed by atoms with Crippen molar-refractivity contribution in [2.75, 3.05) is 20.8 Å². The van der Waals surface area contributed by atoms with Crippen LogP contribution in [0.2, 0.25) is 0 Å². The topological polar surface area (TPSA) is 116 Å². The van der Waals surface area contributed by atoms with Gasteiger partial charge in [0.25, 0.3) is 5.56 Å². The standard InChI is InChI=1S/C26H23BrN2O7S/c1-4-17-21(25(33)35-3)22(15-8-6-5-7-9-15)29-24(32)19(37-26(29)28-17)12-14-10-16(27)23(18(11-14)34-2)36-13-20(30)31/h5-12,22H,4,13H2,1-3H3,(H,30,31)/b19-12-/t22-/m1/s1. The number of carbonyl (C=O) groups is 2. The average molecular weight is 587 g/mol. The summed E-state index contributed by atoms with van der Waals surface area (Å²) in [6.45, 7) is 1.37.